The Balaban J connectivity index is 1.20. The fraction of sp³-hybridized carbons (Fsp3) is 0.680. The van der Waals surface area contributed by atoms with Gasteiger partial charge in [0.15, 0.2) is 0 Å². The first-order valence-corrected chi connectivity index (χ1v) is 12.8. The lowest BCUT2D eigenvalue weighted by Crippen LogP contribution is -2.57. The van der Waals surface area contributed by atoms with E-state index in [1.165, 1.54) is 19.3 Å². The zero-order valence-corrected chi connectivity index (χ0v) is 19.5. The molecule has 5 fully saturated rings. The van der Waals surface area contributed by atoms with Crippen LogP contribution in [0.5, 0.6) is 5.75 Å². The van der Waals surface area contributed by atoms with Crippen molar-refractivity contribution in [1.29, 1.82) is 0 Å². The van der Waals surface area contributed by atoms with Crippen molar-refractivity contribution in [2.24, 2.45) is 23.2 Å². The third-order valence-electron chi connectivity index (χ3n) is 8.64. The predicted molar refractivity (Wildman–Crippen MR) is 120 cm³/mol. The van der Waals surface area contributed by atoms with Crippen LogP contribution in [0.2, 0.25) is 0 Å². The van der Waals surface area contributed by atoms with Crippen molar-refractivity contribution >= 4 is 27.7 Å². The Morgan fingerprint density at radius 1 is 1.06 bits per heavy atom. The van der Waals surface area contributed by atoms with Gasteiger partial charge in [0.2, 0.25) is 11.8 Å². The van der Waals surface area contributed by atoms with Gasteiger partial charge in [0.1, 0.15) is 11.8 Å². The molecule has 0 spiro atoms. The minimum atomic E-state index is -0.320. The first kappa shape index (κ1) is 20.1. The third kappa shape index (κ3) is 3.40. The molecule has 31 heavy (non-hydrogen) atoms. The maximum atomic E-state index is 13.9. The first-order chi connectivity index (χ1) is 15.0. The smallest absolute Gasteiger partial charge is 0.243 e. The van der Waals surface area contributed by atoms with Crippen LogP contribution in [-0.4, -0.2) is 35.9 Å². The van der Waals surface area contributed by atoms with E-state index in [1.807, 2.05) is 23.1 Å². The standard InChI is InChI=1S/C25H31BrN2O3/c26-18-3-4-22-19(11-18)20(5-7-31-22)27-23(29)21-2-1-6-28(21)24(30)25-12-15-8-16(13-25)10-17(9-15)14-25/h3-4,11,15-17,20-21H,1-2,5-10,12-14H2,(H,27,29). The van der Waals surface area contributed by atoms with Gasteiger partial charge in [0.25, 0.3) is 0 Å². The van der Waals surface area contributed by atoms with Gasteiger partial charge in [0.05, 0.1) is 18.1 Å². The van der Waals surface area contributed by atoms with Crippen molar-refractivity contribution < 1.29 is 14.3 Å². The summed E-state index contributed by atoms with van der Waals surface area (Å²) >= 11 is 3.53. The van der Waals surface area contributed by atoms with Crippen molar-refractivity contribution in [1.82, 2.24) is 10.2 Å². The lowest BCUT2D eigenvalue weighted by Gasteiger charge is -2.56. The summed E-state index contributed by atoms with van der Waals surface area (Å²) < 4.78 is 6.76. The summed E-state index contributed by atoms with van der Waals surface area (Å²) in [4.78, 5) is 29.2. The van der Waals surface area contributed by atoms with Crippen molar-refractivity contribution in [3.05, 3.63) is 28.2 Å². The molecule has 4 bridgehead atoms. The number of carbonyl (C=O) groups excluding carboxylic acids is 2. The third-order valence-corrected chi connectivity index (χ3v) is 9.13. The molecule has 1 aromatic carbocycles. The number of likely N-dealkylation sites (tertiary alicyclic amines) is 1. The van der Waals surface area contributed by atoms with Crippen LogP contribution in [0.3, 0.4) is 0 Å². The van der Waals surface area contributed by atoms with Gasteiger partial charge < -0.3 is 15.0 Å². The van der Waals surface area contributed by atoms with Crippen molar-refractivity contribution in [2.45, 2.75) is 69.9 Å². The molecule has 7 rings (SSSR count). The fourth-order valence-corrected chi connectivity index (χ4v) is 8.12. The molecule has 1 saturated heterocycles. The van der Waals surface area contributed by atoms with E-state index >= 15 is 0 Å². The minimum Gasteiger partial charge on any atom is -0.493 e. The van der Waals surface area contributed by atoms with Crippen molar-refractivity contribution in [2.75, 3.05) is 13.2 Å². The number of halogens is 1. The molecule has 1 N–H and O–H groups in total. The van der Waals surface area contributed by atoms with Crippen LogP contribution in [0.25, 0.3) is 0 Å². The van der Waals surface area contributed by atoms with Crippen molar-refractivity contribution in [3.63, 3.8) is 0 Å². The fourth-order valence-electron chi connectivity index (χ4n) is 7.74. The topological polar surface area (TPSA) is 58.6 Å². The van der Waals surface area contributed by atoms with Crippen LogP contribution in [0.15, 0.2) is 22.7 Å². The molecule has 0 radical (unpaired) electrons. The van der Waals surface area contributed by atoms with Crippen LogP contribution < -0.4 is 10.1 Å². The highest BCUT2D eigenvalue weighted by molar-refractivity contribution is 9.10. The SMILES string of the molecule is O=C(NC1CCOc2ccc(Br)cc21)C1CCCN1C(=O)C12CC3CC(CC(C3)C1)C2. The maximum absolute atomic E-state index is 13.9. The number of carbonyl (C=O) groups is 2. The van der Waals surface area contributed by atoms with Gasteiger partial charge in [-0.25, -0.2) is 0 Å². The number of ether oxygens (including phenoxy) is 1. The molecule has 4 aliphatic carbocycles. The Labute approximate surface area is 192 Å². The van der Waals surface area contributed by atoms with Crippen LogP contribution in [0, 0.1) is 23.2 Å². The molecule has 2 heterocycles. The Kier molecular flexibility index (Phi) is 4.86. The molecule has 2 amide bonds. The summed E-state index contributed by atoms with van der Waals surface area (Å²) in [5.74, 6) is 3.35. The molecule has 2 unspecified atom stereocenters. The van der Waals surface area contributed by atoms with Gasteiger partial charge >= 0.3 is 0 Å². The number of hydrogen-bond acceptors (Lipinski definition) is 3. The molecule has 0 aromatic heterocycles. The predicted octanol–water partition coefficient (Wildman–Crippen LogP) is 4.60. The molecular weight excluding hydrogens is 456 g/mol. The van der Waals surface area contributed by atoms with E-state index in [1.54, 1.807) is 0 Å². The minimum absolute atomic E-state index is 0.00778. The molecule has 6 aliphatic rings. The number of hydrogen-bond donors (Lipinski definition) is 1. The average Bonchev–Trinajstić information content (AvgIpc) is 3.22. The first-order valence-electron chi connectivity index (χ1n) is 12.0. The number of nitrogens with zero attached hydrogens (tertiary/aromatic N) is 1. The van der Waals surface area contributed by atoms with E-state index in [2.05, 4.69) is 21.2 Å². The lowest BCUT2D eigenvalue weighted by atomic mass is 9.49. The van der Waals surface area contributed by atoms with Gasteiger partial charge in [-0.2, -0.15) is 0 Å². The van der Waals surface area contributed by atoms with E-state index < -0.39 is 0 Å². The second kappa shape index (κ2) is 7.50. The number of nitrogens with one attached hydrogen (secondary N) is 1. The highest BCUT2D eigenvalue weighted by Crippen LogP contribution is 2.60. The highest BCUT2D eigenvalue weighted by atomic mass is 79.9. The molecule has 6 heteroatoms. The number of fused-ring (bicyclic) bond motifs is 1. The van der Waals surface area contributed by atoms with E-state index in [-0.39, 0.29) is 23.4 Å². The molecule has 2 aliphatic heterocycles. The quantitative estimate of drug-likeness (QED) is 0.679. The van der Waals surface area contributed by atoms with Gasteiger partial charge in [-0.3, -0.25) is 9.59 Å². The summed E-state index contributed by atoms with van der Waals surface area (Å²) in [5, 5.41) is 3.27. The normalized spacial score (nSPS) is 38.0. The molecule has 5 nitrogen and oxygen atoms in total. The van der Waals surface area contributed by atoms with Gasteiger partial charge in [-0.1, -0.05) is 15.9 Å². The van der Waals surface area contributed by atoms with Crippen molar-refractivity contribution in [3.8, 4) is 5.75 Å². The van der Waals surface area contributed by atoms with E-state index in [0.717, 1.165) is 78.6 Å². The summed E-state index contributed by atoms with van der Waals surface area (Å²) in [7, 11) is 0. The van der Waals surface area contributed by atoms with E-state index in [0.29, 0.717) is 12.5 Å². The van der Waals surface area contributed by atoms with Gasteiger partial charge in [-0.05, 0) is 87.3 Å². The van der Waals surface area contributed by atoms with Gasteiger partial charge in [0, 0.05) is 23.0 Å². The summed E-state index contributed by atoms with van der Waals surface area (Å²) in [6.07, 6.45) is 9.62. The zero-order chi connectivity index (χ0) is 21.2. The monoisotopic (exact) mass is 486 g/mol. The molecule has 2 atom stereocenters. The zero-order valence-electron chi connectivity index (χ0n) is 17.9. The van der Waals surface area contributed by atoms with Crippen LogP contribution in [0.4, 0.5) is 0 Å². The molecule has 4 saturated carbocycles. The average molecular weight is 487 g/mol. The van der Waals surface area contributed by atoms with E-state index in [9.17, 15) is 9.59 Å². The molecule has 166 valence electrons. The van der Waals surface area contributed by atoms with Crippen LogP contribution in [0.1, 0.15) is 69.4 Å². The Morgan fingerprint density at radius 2 is 1.77 bits per heavy atom. The summed E-state index contributed by atoms with van der Waals surface area (Å²) in [6, 6.07) is 5.57. The second-order valence-electron chi connectivity index (χ2n) is 10.7. The van der Waals surface area contributed by atoms with Gasteiger partial charge in [-0.15, -0.1) is 0 Å². The highest BCUT2D eigenvalue weighted by Gasteiger charge is 2.56. The largest absolute Gasteiger partial charge is 0.493 e. The maximum Gasteiger partial charge on any atom is 0.243 e. The Morgan fingerprint density at radius 3 is 2.48 bits per heavy atom. The molecular formula is C25H31BrN2O3. The Hall–Kier alpha value is -1.56. The number of amides is 2. The summed E-state index contributed by atoms with van der Waals surface area (Å²) in [5.41, 5.74) is 0.847. The van der Waals surface area contributed by atoms with Crippen LogP contribution in [-0.2, 0) is 9.59 Å². The van der Waals surface area contributed by atoms with Crippen LogP contribution >= 0.6 is 15.9 Å². The summed E-state index contributed by atoms with van der Waals surface area (Å²) in [6.45, 7) is 1.33. The Bertz CT molecular complexity index is 881. The molecule has 1 aromatic rings. The second-order valence-corrected chi connectivity index (χ2v) is 11.7. The lowest BCUT2D eigenvalue weighted by molar-refractivity contribution is -0.160. The van der Waals surface area contributed by atoms with E-state index in [4.69, 9.17) is 4.74 Å². The number of rotatable bonds is 3. The number of benzene rings is 1.